The normalized spacial score (nSPS) is 11.2. The Kier molecular flexibility index (Phi) is 3.51. The second-order valence-electron chi connectivity index (χ2n) is 5.79. The summed E-state index contributed by atoms with van der Waals surface area (Å²) in [6.45, 7) is 0.960. The van der Waals surface area contributed by atoms with Crippen LogP contribution in [-0.4, -0.2) is 11.7 Å². The average molecular weight is 301 g/mol. The van der Waals surface area contributed by atoms with Crippen molar-refractivity contribution in [2.24, 2.45) is 0 Å². The second-order valence-corrected chi connectivity index (χ2v) is 5.79. The summed E-state index contributed by atoms with van der Waals surface area (Å²) in [6.07, 6.45) is 0.986. The van der Waals surface area contributed by atoms with E-state index in [9.17, 15) is 0 Å². The Labute approximate surface area is 135 Å². The van der Waals surface area contributed by atoms with Gasteiger partial charge in [-0.15, -0.1) is 0 Å². The van der Waals surface area contributed by atoms with Gasteiger partial charge in [0.1, 0.15) is 5.75 Å². The lowest BCUT2D eigenvalue weighted by Crippen LogP contribution is -2.01. The minimum absolute atomic E-state index is 0.921. The predicted molar refractivity (Wildman–Crippen MR) is 96.1 cm³/mol. The molecule has 0 unspecified atom stereocenters. The lowest BCUT2D eigenvalue weighted by atomic mass is 10.1. The highest BCUT2D eigenvalue weighted by molar-refractivity contribution is 6.07. The van der Waals surface area contributed by atoms with Crippen LogP contribution in [0, 0.1) is 0 Å². The van der Waals surface area contributed by atoms with Crippen molar-refractivity contribution in [1.82, 2.24) is 4.57 Å². The first-order valence-electron chi connectivity index (χ1n) is 7.96. The number of hydrogen-bond donors (Lipinski definition) is 0. The van der Waals surface area contributed by atoms with E-state index in [1.165, 1.54) is 27.4 Å². The van der Waals surface area contributed by atoms with Crippen molar-refractivity contribution >= 4 is 21.8 Å². The molecule has 0 fully saturated rings. The molecule has 2 heteroatoms. The van der Waals surface area contributed by atoms with E-state index in [2.05, 4.69) is 71.3 Å². The highest BCUT2D eigenvalue weighted by Gasteiger charge is 2.09. The molecule has 0 aliphatic carbocycles. The summed E-state index contributed by atoms with van der Waals surface area (Å²) in [5.41, 5.74) is 3.90. The van der Waals surface area contributed by atoms with Crippen molar-refractivity contribution in [2.75, 3.05) is 7.11 Å². The fraction of sp³-hybridized carbons (Fsp3) is 0.143. The van der Waals surface area contributed by atoms with Crippen LogP contribution in [0.15, 0.2) is 72.8 Å². The maximum atomic E-state index is 5.33. The summed E-state index contributed by atoms with van der Waals surface area (Å²) in [5, 5.41) is 2.66. The van der Waals surface area contributed by atoms with Crippen LogP contribution in [-0.2, 0) is 13.0 Å². The maximum Gasteiger partial charge on any atom is 0.119 e. The van der Waals surface area contributed by atoms with Crippen LogP contribution in [0.3, 0.4) is 0 Å². The molecule has 0 amide bonds. The number of fused-ring (bicyclic) bond motifs is 3. The second kappa shape index (κ2) is 5.81. The predicted octanol–water partition coefficient (Wildman–Crippen LogP) is 5.05. The molecule has 0 atom stereocenters. The van der Waals surface area contributed by atoms with Gasteiger partial charge >= 0.3 is 0 Å². The Morgan fingerprint density at radius 2 is 1.43 bits per heavy atom. The number of aromatic nitrogens is 1. The zero-order chi connectivity index (χ0) is 15.6. The van der Waals surface area contributed by atoms with E-state index < -0.39 is 0 Å². The lowest BCUT2D eigenvalue weighted by Gasteiger charge is -2.09. The van der Waals surface area contributed by atoms with E-state index in [-0.39, 0.29) is 0 Å². The van der Waals surface area contributed by atoms with Crippen LogP contribution >= 0.6 is 0 Å². The number of aryl methyl sites for hydroxylation is 2. The van der Waals surface area contributed by atoms with Gasteiger partial charge in [0.2, 0.25) is 0 Å². The molecule has 3 aromatic carbocycles. The molecule has 0 aliphatic rings. The zero-order valence-electron chi connectivity index (χ0n) is 13.2. The van der Waals surface area contributed by atoms with Crippen molar-refractivity contribution in [3.8, 4) is 5.75 Å². The molecule has 114 valence electrons. The molecule has 0 saturated heterocycles. The molecule has 2 nitrogen and oxygen atoms in total. The molecular formula is C21H19NO. The highest BCUT2D eigenvalue weighted by atomic mass is 16.5. The van der Waals surface area contributed by atoms with Gasteiger partial charge in [-0.1, -0.05) is 48.5 Å². The van der Waals surface area contributed by atoms with E-state index in [0.29, 0.717) is 0 Å². The first kappa shape index (κ1) is 13.9. The Balaban J connectivity index is 1.75. The molecule has 1 aromatic heterocycles. The smallest absolute Gasteiger partial charge is 0.119 e. The molecule has 0 radical (unpaired) electrons. The van der Waals surface area contributed by atoms with Gasteiger partial charge in [0.05, 0.1) is 7.11 Å². The maximum absolute atomic E-state index is 5.33. The molecule has 0 aliphatic heterocycles. The highest BCUT2D eigenvalue weighted by Crippen LogP contribution is 2.29. The number of rotatable bonds is 4. The summed E-state index contributed by atoms with van der Waals surface area (Å²) in [7, 11) is 1.71. The van der Waals surface area contributed by atoms with Crippen molar-refractivity contribution in [3.63, 3.8) is 0 Å². The summed E-state index contributed by atoms with van der Waals surface area (Å²) in [6, 6.07) is 25.6. The molecule has 4 rings (SSSR count). The lowest BCUT2D eigenvalue weighted by molar-refractivity contribution is 0.414. The van der Waals surface area contributed by atoms with Crippen molar-refractivity contribution in [1.29, 1.82) is 0 Å². The van der Waals surface area contributed by atoms with Gasteiger partial charge in [0, 0.05) is 28.4 Å². The fourth-order valence-corrected chi connectivity index (χ4v) is 3.31. The number of methoxy groups -OCH3 is 1. The minimum Gasteiger partial charge on any atom is -0.497 e. The van der Waals surface area contributed by atoms with E-state index in [1.54, 1.807) is 7.11 Å². The molecular weight excluding hydrogens is 282 g/mol. The van der Waals surface area contributed by atoms with Gasteiger partial charge in [-0.2, -0.15) is 0 Å². The molecule has 0 saturated carbocycles. The first-order valence-corrected chi connectivity index (χ1v) is 7.96. The van der Waals surface area contributed by atoms with Gasteiger partial charge in [-0.3, -0.25) is 0 Å². The molecule has 0 N–H and O–H groups in total. The van der Waals surface area contributed by atoms with Gasteiger partial charge in [-0.05, 0) is 36.2 Å². The minimum atomic E-state index is 0.921. The van der Waals surface area contributed by atoms with E-state index in [0.717, 1.165) is 18.7 Å². The topological polar surface area (TPSA) is 14.2 Å². The standard InChI is InChI=1S/C21H19NO/c1-23-17-8-6-7-16(15-17)13-14-22-20-11-4-2-9-18(20)19-10-3-5-12-21(19)22/h2-12,15H,13-14H2,1H3. The summed E-state index contributed by atoms with van der Waals surface area (Å²) in [4.78, 5) is 0. The number of hydrogen-bond acceptors (Lipinski definition) is 1. The SMILES string of the molecule is COc1cccc(CCn2c3ccccc3c3ccccc32)c1. The third kappa shape index (κ3) is 2.46. The van der Waals surface area contributed by atoms with E-state index >= 15 is 0 Å². The third-order valence-corrected chi connectivity index (χ3v) is 4.44. The van der Waals surface area contributed by atoms with Crippen molar-refractivity contribution < 1.29 is 4.74 Å². The average Bonchev–Trinajstić information content (AvgIpc) is 2.94. The summed E-state index contributed by atoms with van der Waals surface area (Å²) in [5.74, 6) is 0.921. The molecule has 0 spiro atoms. The number of benzene rings is 3. The van der Waals surface area contributed by atoms with Crippen LogP contribution in [0.1, 0.15) is 5.56 Å². The zero-order valence-corrected chi connectivity index (χ0v) is 13.2. The Morgan fingerprint density at radius 1 is 0.783 bits per heavy atom. The quantitative estimate of drug-likeness (QED) is 0.515. The van der Waals surface area contributed by atoms with Gasteiger partial charge in [0.25, 0.3) is 0 Å². The number of para-hydroxylation sites is 2. The number of ether oxygens (including phenoxy) is 1. The van der Waals surface area contributed by atoms with Crippen molar-refractivity contribution in [2.45, 2.75) is 13.0 Å². The monoisotopic (exact) mass is 301 g/mol. The van der Waals surface area contributed by atoms with Crippen molar-refractivity contribution in [3.05, 3.63) is 78.4 Å². The fourth-order valence-electron chi connectivity index (χ4n) is 3.31. The largest absolute Gasteiger partial charge is 0.497 e. The molecule has 4 aromatic rings. The van der Waals surface area contributed by atoms with Crippen LogP contribution in [0.2, 0.25) is 0 Å². The van der Waals surface area contributed by atoms with Crippen LogP contribution in [0.25, 0.3) is 21.8 Å². The molecule has 1 heterocycles. The Morgan fingerprint density at radius 3 is 2.09 bits per heavy atom. The third-order valence-electron chi connectivity index (χ3n) is 4.44. The van der Waals surface area contributed by atoms with Gasteiger partial charge < -0.3 is 9.30 Å². The summed E-state index contributed by atoms with van der Waals surface area (Å²) >= 11 is 0. The first-order chi connectivity index (χ1) is 11.4. The van der Waals surface area contributed by atoms with Gasteiger partial charge in [0.15, 0.2) is 0 Å². The van der Waals surface area contributed by atoms with E-state index in [1.807, 2.05) is 6.07 Å². The Bertz CT molecular complexity index is 915. The molecule has 0 bridgehead atoms. The van der Waals surface area contributed by atoms with Crippen LogP contribution in [0.5, 0.6) is 5.75 Å². The van der Waals surface area contributed by atoms with Crippen LogP contribution in [0.4, 0.5) is 0 Å². The van der Waals surface area contributed by atoms with Gasteiger partial charge in [-0.25, -0.2) is 0 Å². The molecule has 23 heavy (non-hydrogen) atoms. The van der Waals surface area contributed by atoms with E-state index in [4.69, 9.17) is 4.74 Å². The van der Waals surface area contributed by atoms with Crippen LogP contribution < -0.4 is 4.74 Å². The number of nitrogens with zero attached hydrogens (tertiary/aromatic N) is 1. The summed E-state index contributed by atoms with van der Waals surface area (Å²) < 4.78 is 7.75. The Hall–Kier alpha value is -2.74.